The van der Waals surface area contributed by atoms with Crippen molar-refractivity contribution < 1.29 is 4.79 Å². The van der Waals surface area contributed by atoms with E-state index in [9.17, 15) is 4.79 Å². The van der Waals surface area contributed by atoms with Crippen LogP contribution in [0.3, 0.4) is 0 Å². The molecule has 1 aromatic carbocycles. The lowest BCUT2D eigenvalue weighted by atomic mass is 10.1. The number of hydrogen-bond donors (Lipinski definition) is 1. The first kappa shape index (κ1) is 15.0. The molecule has 1 heterocycles. The zero-order chi connectivity index (χ0) is 14.4. The third-order valence-corrected chi connectivity index (χ3v) is 3.81. The highest BCUT2D eigenvalue weighted by atomic mass is 16.2. The number of rotatable bonds is 7. The van der Waals surface area contributed by atoms with Crippen LogP contribution in [0, 0.1) is 0 Å². The maximum atomic E-state index is 12.3. The minimum absolute atomic E-state index is 0.203. The van der Waals surface area contributed by atoms with Crippen molar-refractivity contribution in [1.29, 1.82) is 0 Å². The molecule has 1 aliphatic heterocycles. The van der Waals surface area contributed by atoms with Crippen LogP contribution in [0.4, 0.5) is 0 Å². The van der Waals surface area contributed by atoms with Gasteiger partial charge >= 0.3 is 0 Å². The summed E-state index contributed by atoms with van der Waals surface area (Å²) in [5, 5.41) is 3.28. The summed E-state index contributed by atoms with van der Waals surface area (Å²) in [5.74, 6) is 0.203. The summed E-state index contributed by atoms with van der Waals surface area (Å²) in [6, 6.07) is 10.7. The highest BCUT2D eigenvalue weighted by Gasteiger charge is 2.26. The average Bonchev–Trinajstić information content (AvgIpc) is 2.38. The normalized spacial score (nSPS) is 15.2. The Bertz CT molecular complexity index is 417. The molecule has 20 heavy (non-hydrogen) atoms. The topological polar surface area (TPSA) is 35.6 Å². The van der Waals surface area contributed by atoms with Gasteiger partial charge in [0.1, 0.15) is 0 Å². The predicted molar refractivity (Wildman–Crippen MR) is 81.4 cm³/mol. The van der Waals surface area contributed by atoms with E-state index in [-0.39, 0.29) is 5.91 Å². The number of carbonyl (C=O) groups excluding carboxylic acids is 1. The van der Waals surface area contributed by atoms with E-state index in [0.717, 1.165) is 26.1 Å². The second kappa shape index (κ2) is 7.41. The maximum Gasteiger partial charge on any atom is 0.236 e. The summed E-state index contributed by atoms with van der Waals surface area (Å²) < 4.78 is 0. The monoisotopic (exact) mass is 275 g/mol. The summed E-state index contributed by atoms with van der Waals surface area (Å²) in [7, 11) is 1.89. The van der Waals surface area contributed by atoms with Crippen LogP contribution >= 0.6 is 0 Å². The SMILES string of the molecule is CCCN(CC(=O)N(C)Cc1ccccc1)C1CNC1. The van der Waals surface area contributed by atoms with Gasteiger partial charge in [0.2, 0.25) is 5.91 Å². The van der Waals surface area contributed by atoms with E-state index < -0.39 is 0 Å². The molecule has 4 heteroatoms. The molecule has 1 amide bonds. The molecule has 0 spiro atoms. The number of hydrogen-bond acceptors (Lipinski definition) is 3. The standard InChI is InChI=1S/C16H25N3O/c1-3-9-19(15-10-17-11-15)13-16(20)18(2)12-14-7-5-4-6-8-14/h4-8,15,17H,3,9-13H2,1-2H3. The lowest BCUT2D eigenvalue weighted by Crippen LogP contribution is -2.59. The highest BCUT2D eigenvalue weighted by Crippen LogP contribution is 2.08. The summed E-state index contributed by atoms with van der Waals surface area (Å²) in [5.41, 5.74) is 1.18. The van der Waals surface area contributed by atoms with Gasteiger partial charge in [-0.2, -0.15) is 0 Å². The van der Waals surface area contributed by atoms with Crippen molar-refractivity contribution >= 4 is 5.91 Å². The molecule has 1 N–H and O–H groups in total. The van der Waals surface area contributed by atoms with Crippen LogP contribution in [-0.4, -0.2) is 55.0 Å². The van der Waals surface area contributed by atoms with Crippen molar-refractivity contribution in [3.8, 4) is 0 Å². The first-order chi connectivity index (χ1) is 9.70. The minimum atomic E-state index is 0.203. The summed E-state index contributed by atoms with van der Waals surface area (Å²) in [4.78, 5) is 16.5. The van der Waals surface area contributed by atoms with Gasteiger partial charge in [-0.3, -0.25) is 9.69 Å². The van der Waals surface area contributed by atoms with E-state index in [2.05, 4.69) is 29.3 Å². The summed E-state index contributed by atoms with van der Waals surface area (Å²) >= 11 is 0. The van der Waals surface area contributed by atoms with Gasteiger partial charge in [-0.15, -0.1) is 0 Å². The Balaban J connectivity index is 1.85. The Morgan fingerprint density at radius 3 is 2.55 bits per heavy atom. The van der Waals surface area contributed by atoms with E-state index in [4.69, 9.17) is 0 Å². The van der Waals surface area contributed by atoms with Crippen LogP contribution in [0.5, 0.6) is 0 Å². The smallest absolute Gasteiger partial charge is 0.236 e. The molecule has 1 fully saturated rings. The Kier molecular flexibility index (Phi) is 5.56. The van der Waals surface area contributed by atoms with E-state index in [1.165, 1.54) is 5.56 Å². The van der Waals surface area contributed by atoms with E-state index in [0.29, 0.717) is 19.1 Å². The summed E-state index contributed by atoms with van der Waals surface area (Å²) in [6.45, 7) is 6.39. The second-order valence-corrected chi connectivity index (χ2v) is 5.52. The Morgan fingerprint density at radius 2 is 2.00 bits per heavy atom. The lowest BCUT2D eigenvalue weighted by molar-refractivity contribution is -0.132. The molecule has 1 aromatic rings. The number of carbonyl (C=O) groups is 1. The average molecular weight is 275 g/mol. The minimum Gasteiger partial charge on any atom is -0.340 e. The maximum absolute atomic E-state index is 12.3. The van der Waals surface area contributed by atoms with Crippen LogP contribution in [0.1, 0.15) is 18.9 Å². The molecule has 0 radical (unpaired) electrons. The number of benzene rings is 1. The Morgan fingerprint density at radius 1 is 1.30 bits per heavy atom. The third kappa shape index (κ3) is 4.05. The van der Waals surface area contributed by atoms with Crippen LogP contribution in [0.2, 0.25) is 0 Å². The van der Waals surface area contributed by atoms with Gasteiger partial charge in [-0.05, 0) is 18.5 Å². The van der Waals surface area contributed by atoms with Crippen molar-refractivity contribution in [3.05, 3.63) is 35.9 Å². The van der Waals surface area contributed by atoms with Gasteiger partial charge in [0, 0.05) is 32.7 Å². The molecule has 0 bridgehead atoms. The van der Waals surface area contributed by atoms with E-state index in [1.807, 2.05) is 30.1 Å². The van der Waals surface area contributed by atoms with Crippen molar-refractivity contribution in [2.24, 2.45) is 0 Å². The van der Waals surface area contributed by atoms with Crippen LogP contribution < -0.4 is 5.32 Å². The van der Waals surface area contributed by atoms with Gasteiger partial charge in [0.05, 0.1) is 6.54 Å². The molecule has 1 aliphatic rings. The predicted octanol–water partition coefficient (Wildman–Crippen LogP) is 1.33. The molecule has 2 rings (SSSR count). The summed E-state index contributed by atoms with van der Waals surface area (Å²) in [6.07, 6.45) is 1.09. The van der Waals surface area contributed by atoms with Crippen molar-refractivity contribution in [1.82, 2.24) is 15.1 Å². The van der Waals surface area contributed by atoms with Crippen molar-refractivity contribution in [2.45, 2.75) is 25.9 Å². The number of nitrogens with zero attached hydrogens (tertiary/aromatic N) is 2. The molecule has 4 nitrogen and oxygen atoms in total. The number of nitrogens with one attached hydrogen (secondary N) is 1. The first-order valence-corrected chi connectivity index (χ1v) is 7.43. The number of amides is 1. The molecule has 110 valence electrons. The van der Waals surface area contributed by atoms with Crippen molar-refractivity contribution in [3.63, 3.8) is 0 Å². The van der Waals surface area contributed by atoms with E-state index in [1.54, 1.807) is 0 Å². The van der Waals surface area contributed by atoms with Crippen LogP contribution in [0.15, 0.2) is 30.3 Å². The zero-order valence-corrected chi connectivity index (χ0v) is 12.5. The molecule has 0 aliphatic carbocycles. The lowest BCUT2D eigenvalue weighted by Gasteiger charge is -2.38. The van der Waals surface area contributed by atoms with Gasteiger partial charge < -0.3 is 10.2 Å². The quantitative estimate of drug-likeness (QED) is 0.815. The molecular formula is C16H25N3O. The fraction of sp³-hybridized carbons (Fsp3) is 0.562. The molecular weight excluding hydrogens is 250 g/mol. The van der Waals surface area contributed by atoms with Gasteiger partial charge in [-0.25, -0.2) is 0 Å². The van der Waals surface area contributed by atoms with Crippen LogP contribution in [0.25, 0.3) is 0 Å². The first-order valence-electron chi connectivity index (χ1n) is 7.43. The van der Waals surface area contributed by atoms with Gasteiger partial charge in [0.25, 0.3) is 0 Å². The van der Waals surface area contributed by atoms with Gasteiger partial charge in [-0.1, -0.05) is 37.3 Å². The fourth-order valence-electron chi connectivity index (χ4n) is 2.45. The second-order valence-electron chi connectivity index (χ2n) is 5.52. The zero-order valence-electron chi connectivity index (χ0n) is 12.5. The Hall–Kier alpha value is -1.39. The molecule has 0 aromatic heterocycles. The molecule has 0 atom stereocenters. The van der Waals surface area contributed by atoms with Gasteiger partial charge in [0.15, 0.2) is 0 Å². The largest absolute Gasteiger partial charge is 0.340 e. The molecule has 0 saturated carbocycles. The van der Waals surface area contributed by atoms with Crippen LogP contribution in [-0.2, 0) is 11.3 Å². The van der Waals surface area contributed by atoms with E-state index >= 15 is 0 Å². The molecule has 0 unspecified atom stereocenters. The van der Waals surface area contributed by atoms with Crippen molar-refractivity contribution in [2.75, 3.05) is 33.2 Å². The Labute approximate surface area is 121 Å². The highest BCUT2D eigenvalue weighted by molar-refractivity contribution is 5.78. The number of likely N-dealkylation sites (N-methyl/N-ethyl adjacent to an activating group) is 1. The molecule has 1 saturated heterocycles. The fourth-order valence-corrected chi connectivity index (χ4v) is 2.45. The third-order valence-electron chi connectivity index (χ3n) is 3.81.